The topological polar surface area (TPSA) is 130 Å². The maximum Gasteiger partial charge on any atom is 0.472 e. The van der Waals surface area contributed by atoms with E-state index >= 15 is 0 Å². The van der Waals surface area contributed by atoms with E-state index in [1.165, 1.54) is 0 Å². The normalized spacial score (nSPS) is 48.8. The van der Waals surface area contributed by atoms with Crippen LogP contribution in [0.1, 0.15) is 79.1 Å². The van der Waals surface area contributed by atoms with Gasteiger partial charge in [-0.05, 0) is 99.9 Å². The fourth-order valence-electron chi connectivity index (χ4n) is 9.31. The Balaban J connectivity index is 1.35. The van der Waals surface area contributed by atoms with Gasteiger partial charge in [0.25, 0.3) is 0 Å². The molecule has 4 aliphatic carbocycles. The molecule has 0 aromatic carbocycles. The van der Waals surface area contributed by atoms with Gasteiger partial charge in [-0.1, -0.05) is 13.8 Å². The molecule has 4 unspecified atom stereocenters. The highest BCUT2D eigenvalue weighted by atomic mass is 31.2. The molecule has 198 valence electrons. The minimum atomic E-state index is -4.05. The molecule has 5 aliphatic rings. The largest absolute Gasteiger partial charge is 0.472 e. The van der Waals surface area contributed by atoms with Gasteiger partial charge in [-0.15, -0.1) is 0 Å². The summed E-state index contributed by atoms with van der Waals surface area (Å²) in [4.78, 5) is 22.6. The third-order valence-corrected chi connectivity index (χ3v) is 12.2. The fourth-order valence-corrected chi connectivity index (χ4v) is 10.3. The molecule has 1 spiro atoms. The number of fused-ring (bicyclic) bond motifs is 6. The van der Waals surface area contributed by atoms with E-state index in [0.29, 0.717) is 42.2 Å². The zero-order valence-corrected chi connectivity index (χ0v) is 22.5. The van der Waals surface area contributed by atoms with Gasteiger partial charge in [0.15, 0.2) is 5.60 Å². The van der Waals surface area contributed by atoms with Gasteiger partial charge in [0.05, 0.1) is 18.8 Å². The van der Waals surface area contributed by atoms with Crippen LogP contribution in [0.15, 0.2) is 11.1 Å². The zero-order valence-electron chi connectivity index (χ0n) is 21.6. The van der Waals surface area contributed by atoms with Crippen molar-refractivity contribution < 1.29 is 38.9 Å². The van der Waals surface area contributed by atoms with Crippen LogP contribution in [0.3, 0.4) is 0 Å². The van der Waals surface area contributed by atoms with Gasteiger partial charge in [0, 0.05) is 11.0 Å². The molecule has 10 atom stereocenters. The van der Waals surface area contributed by atoms with E-state index < -0.39 is 19.5 Å². The lowest BCUT2D eigenvalue weighted by Crippen LogP contribution is -2.58. The first kappa shape index (κ1) is 25.9. The van der Waals surface area contributed by atoms with Crippen LogP contribution in [0, 0.1) is 34.5 Å². The Bertz CT molecular complexity index is 969. The monoisotopic (exact) mass is 512 g/mol. The Hall–Kier alpha value is -0.760. The van der Waals surface area contributed by atoms with E-state index in [2.05, 4.69) is 19.6 Å². The van der Waals surface area contributed by atoms with Crippen molar-refractivity contribution in [2.75, 3.05) is 13.2 Å². The van der Waals surface area contributed by atoms with E-state index in [4.69, 9.17) is 13.8 Å². The maximum atomic E-state index is 12.6. The number of aliphatic hydroxyl groups is 1. The summed E-state index contributed by atoms with van der Waals surface area (Å²) in [6.45, 7) is 9.00. The Labute approximate surface area is 208 Å². The Morgan fingerprint density at radius 3 is 2.51 bits per heavy atom. The zero-order chi connectivity index (χ0) is 25.4. The number of rotatable bonds is 5. The van der Waals surface area contributed by atoms with Crippen molar-refractivity contribution in [3.63, 3.8) is 0 Å². The summed E-state index contributed by atoms with van der Waals surface area (Å²) in [5.41, 5.74) is 4.22. The highest BCUT2D eigenvalue weighted by Gasteiger charge is 2.72. The molecule has 0 radical (unpaired) electrons. The minimum absolute atomic E-state index is 0.113. The third-order valence-electron chi connectivity index (χ3n) is 11.2. The molecular formula is C26H43NO7P+. The van der Waals surface area contributed by atoms with E-state index in [1.807, 2.05) is 13.8 Å². The van der Waals surface area contributed by atoms with Crippen molar-refractivity contribution in [2.24, 2.45) is 34.5 Å². The van der Waals surface area contributed by atoms with Crippen LogP contribution in [0.25, 0.3) is 0 Å². The summed E-state index contributed by atoms with van der Waals surface area (Å²) in [5, 5.41) is 11.4. The van der Waals surface area contributed by atoms with Crippen molar-refractivity contribution in [2.45, 2.75) is 96.9 Å². The summed E-state index contributed by atoms with van der Waals surface area (Å²) < 4.78 is 29.0. The van der Waals surface area contributed by atoms with Gasteiger partial charge in [-0.25, -0.2) is 9.36 Å². The van der Waals surface area contributed by atoms with Crippen LogP contribution >= 0.6 is 7.82 Å². The third kappa shape index (κ3) is 3.65. The van der Waals surface area contributed by atoms with Gasteiger partial charge in [0.1, 0.15) is 6.61 Å². The molecule has 4 saturated carbocycles. The lowest BCUT2D eigenvalue weighted by molar-refractivity contribution is -0.371. The average molecular weight is 513 g/mol. The van der Waals surface area contributed by atoms with Crippen molar-refractivity contribution >= 4 is 13.8 Å². The predicted octanol–water partition coefficient (Wildman–Crippen LogP) is 3.38. The van der Waals surface area contributed by atoms with Gasteiger partial charge >= 0.3 is 13.8 Å². The number of esters is 1. The molecule has 1 aliphatic heterocycles. The highest BCUT2D eigenvalue weighted by molar-refractivity contribution is 7.47. The fraction of sp³-hybridized carbons (Fsp3) is 0.885. The molecule has 0 saturated heterocycles. The van der Waals surface area contributed by atoms with Crippen molar-refractivity contribution in [3.8, 4) is 0 Å². The van der Waals surface area contributed by atoms with Crippen molar-refractivity contribution in [1.29, 1.82) is 0 Å². The molecule has 35 heavy (non-hydrogen) atoms. The van der Waals surface area contributed by atoms with Crippen LogP contribution in [-0.2, 0) is 23.1 Å². The molecule has 5 rings (SSSR count). The van der Waals surface area contributed by atoms with Gasteiger partial charge in [0.2, 0.25) is 0 Å². The number of carbonyl (C=O) groups excluding carboxylic acids is 1. The second-order valence-corrected chi connectivity index (χ2v) is 13.8. The number of ether oxygens (including phenoxy) is 1. The van der Waals surface area contributed by atoms with Crippen molar-refractivity contribution in [1.82, 2.24) is 0 Å². The van der Waals surface area contributed by atoms with Crippen LogP contribution in [0.2, 0.25) is 0 Å². The van der Waals surface area contributed by atoms with Crippen LogP contribution < -0.4 is 5.73 Å². The number of phosphoric ester groups is 1. The van der Waals surface area contributed by atoms with E-state index in [1.54, 1.807) is 0 Å². The van der Waals surface area contributed by atoms with Crippen molar-refractivity contribution in [3.05, 3.63) is 11.1 Å². The SMILES string of the molecule is CC1=C(C)[C@@]2(OC1=O)C(O)C[C@H]1C3CC[C@@H]4CC(OP(=O)(O)OCC[NH3+])CC[C@]4(C)[C@H]3CC[C@@]12C. The van der Waals surface area contributed by atoms with E-state index in [-0.39, 0.29) is 29.5 Å². The Morgan fingerprint density at radius 1 is 1.11 bits per heavy atom. The predicted molar refractivity (Wildman–Crippen MR) is 129 cm³/mol. The number of quaternary nitrogens is 1. The second-order valence-electron chi connectivity index (χ2n) is 12.4. The van der Waals surface area contributed by atoms with Gasteiger partial charge < -0.3 is 20.5 Å². The number of carbonyl (C=O) groups is 1. The standard InChI is InChI=1S/C26H42NO7P/c1-15-16(2)26(33-23(15)29)22(28)14-21-19-6-5-17-13-18(34-35(30,31)32-12-11-27)7-9-24(17,3)20(19)8-10-25(21,26)4/h17-22,28H,5-14,27H2,1-4H3,(H,30,31)/p+1/t17-,18?,19?,20+,21+,22?,24+,25+,26-/m1/s1. The van der Waals surface area contributed by atoms with E-state index in [0.717, 1.165) is 50.5 Å². The first-order valence-electron chi connectivity index (χ1n) is 13.4. The molecule has 0 aromatic heterocycles. The molecule has 8 nitrogen and oxygen atoms in total. The molecule has 0 aromatic rings. The molecule has 4 fully saturated rings. The molecule has 9 heteroatoms. The Morgan fingerprint density at radius 2 is 1.86 bits per heavy atom. The Kier molecular flexibility index (Phi) is 6.39. The smallest absolute Gasteiger partial charge is 0.448 e. The molecule has 0 amide bonds. The minimum Gasteiger partial charge on any atom is -0.448 e. The average Bonchev–Trinajstić information content (AvgIpc) is 3.18. The first-order valence-corrected chi connectivity index (χ1v) is 14.9. The summed E-state index contributed by atoms with van der Waals surface area (Å²) in [6, 6.07) is 0. The highest BCUT2D eigenvalue weighted by Crippen LogP contribution is 2.71. The quantitative estimate of drug-likeness (QED) is 0.380. The number of aliphatic hydroxyl groups excluding tert-OH is 1. The van der Waals surface area contributed by atoms with E-state index in [9.17, 15) is 19.4 Å². The maximum absolute atomic E-state index is 12.6. The lowest BCUT2D eigenvalue weighted by Gasteiger charge is -2.61. The number of hydrogen-bond acceptors (Lipinski definition) is 6. The van der Waals surface area contributed by atoms with Gasteiger partial charge in [-0.2, -0.15) is 0 Å². The molecular weight excluding hydrogens is 469 g/mol. The number of phosphoric acid groups is 1. The molecule has 5 N–H and O–H groups in total. The molecule has 1 heterocycles. The second kappa shape index (κ2) is 8.64. The molecule has 0 bridgehead atoms. The summed E-state index contributed by atoms with van der Waals surface area (Å²) in [6.07, 6.45) is 6.37. The summed E-state index contributed by atoms with van der Waals surface area (Å²) in [7, 11) is -4.05. The number of hydrogen-bond donors (Lipinski definition) is 3. The van der Waals surface area contributed by atoms with Gasteiger partial charge in [-0.3, -0.25) is 9.05 Å². The first-order chi connectivity index (χ1) is 16.4. The van der Waals surface area contributed by atoms with Crippen LogP contribution in [0.4, 0.5) is 0 Å². The summed E-state index contributed by atoms with van der Waals surface area (Å²) in [5.74, 6) is 1.49. The van der Waals surface area contributed by atoms with Crippen LogP contribution in [-0.4, -0.2) is 46.9 Å². The summed E-state index contributed by atoms with van der Waals surface area (Å²) >= 11 is 0. The van der Waals surface area contributed by atoms with Crippen LogP contribution in [0.5, 0.6) is 0 Å². The lowest BCUT2D eigenvalue weighted by atomic mass is 9.44.